The van der Waals surface area contributed by atoms with Crippen LogP contribution in [-0.4, -0.2) is 36.3 Å². The van der Waals surface area contributed by atoms with Gasteiger partial charge in [-0.25, -0.2) is 9.98 Å². The summed E-state index contributed by atoms with van der Waals surface area (Å²) in [7, 11) is 0. The van der Waals surface area contributed by atoms with E-state index in [1.165, 1.54) is 0 Å². The summed E-state index contributed by atoms with van der Waals surface area (Å²) in [6, 6.07) is 28.1. The number of rotatable bonds is 4. The number of allylic oxidation sites excluding steroid dienone is 10. The standard InChI is InChI=1S/C41H27N7.CH4/c1-5-21-42-28(9-1)38-26-13-14-27(25-26)39(29-10-2-6-22-43-29)33-16-18-35(47-33)41(31-12-4-8-24-45-31)37-20-19-36(48-37)40(30-11-3-7-23-44-30)34-17-15-32(38)46-34;/h1-24,48H,25H2;1H4. The molecule has 0 saturated heterocycles. The van der Waals surface area contributed by atoms with Crippen molar-refractivity contribution in [3.8, 4) is 0 Å². The summed E-state index contributed by atoms with van der Waals surface area (Å²) in [5, 5.41) is 0. The summed E-state index contributed by atoms with van der Waals surface area (Å²) in [6.07, 6.45) is 20.7. The molecule has 1 N–H and O–H groups in total. The van der Waals surface area contributed by atoms with Crippen LogP contribution in [0.3, 0.4) is 0 Å². The molecule has 7 heteroatoms. The van der Waals surface area contributed by atoms with Crippen LogP contribution >= 0.6 is 0 Å². The maximum atomic E-state index is 5.28. The van der Waals surface area contributed by atoms with Gasteiger partial charge in [0.25, 0.3) is 0 Å². The van der Waals surface area contributed by atoms with Gasteiger partial charge in [0.05, 0.1) is 57.0 Å². The number of fused-ring (bicyclic) bond motifs is 6. The third-order valence-corrected chi connectivity index (χ3v) is 8.72. The van der Waals surface area contributed by atoms with Gasteiger partial charge in [0.2, 0.25) is 0 Å². The molecule has 0 aromatic carbocycles. The zero-order valence-corrected chi connectivity index (χ0v) is 25.7. The zero-order valence-electron chi connectivity index (χ0n) is 25.7. The molecule has 0 atom stereocenters. The van der Waals surface area contributed by atoms with Crippen LogP contribution in [0.2, 0.25) is 0 Å². The fraction of sp³-hybridized carbons (Fsp3) is 0.0476. The average molecular weight is 634 g/mol. The van der Waals surface area contributed by atoms with E-state index >= 15 is 0 Å². The van der Waals surface area contributed by atoms with E-state index in [1.807, 2.05) is 97.6 Å². The first-order valence-corrected chi connectivity index (χ1v) is 15.8. The summed E-state index contributed by atoms with van der Waals surface area (Å²) in [5.74, 6) is 0. The van der Waals surface area contributed by atoms with Crippen molar-refractivity contribution in [2.24, 2.45) is 9.98 Å². The number of aliphatic imine (C=N–C) groups is 2. The predicted molar refractivity (Wildman–Crippen MR) is 197 cm³/mol. The van der Waals surface area contributed by atoms with Crippen molar-refractivity contribution in [1.29, 1.82) is 0 Å². The van der Waals surface area contributed by atoms with E-state index in [2.05, 4.69) is 53.6 Å². The van der Waals surface area contributed by atoms with Crippen LogP contribution in [0.15, 0.2) is 179 Å². The minimum Gasteiger partial charge on any atom is -0.354 e. The summed E-state index contributed by atoms with van der Waals surface area (Å²) in [6.45, 7) is 0. The zero-order chi connectivity index (χ0) is 31.9. The topological polar surface area (TPSA) is 92.1 Å². The average Bonchev–Trinajstić information content (AvgIpc) is 3.98. The van der Waals surface area contributed by atoms with E-state index in [0.717, 1.165) is 90.4 Å². The van der Waals surface area contributed by atoms with Gasteiger partial charge in [-0.3, -0.25) is 19.9 Å². The van der Waals surface area contributed by atoms with Crippen molar-refractivity contribution < 1.29 is 0 Å². The van der Waals surface area contributed by atoms with Crippen molar-refractivity contribution in [3.05, 3.63) is 203 Å². The monoisotopic (exact) mass is 633 g/mol. The molecule has 8 heterocycles. The summed E-state index contributed by atoms with van der Waals surface area (Å²) in [5.41, 5.74) is 14.6. The van der Waals surface area contributed by atoms with Gasteiger partial charge in [0.1, 0.15) is 0 Å². The van der Waals surface area contributed by atoms with Crippen LogP contribution in [0.25, 0.3) is 22.3 Å². The van der Waals surface area contributed by atoms with E-state index in [4.69, 9.17) is 29.9 Å². The molecular formula is C42H31N7. The summed E-state index contributed by atoms with van der Waals surface area (Å²) >= 11 is 0. The molecule has 1 aliphatic carbocycles. The van der Waals surface area contributed by atoms with Crippen LogP contribution in [0.4, 0.5) is 0 Å². The number of nitrogens with one attached hydrogen (secondary N) is 1. The Kier molecular flexibility index (Phi) is 7.62. The van der Waals surface area contributed by atoms with Crippen LogP contribution in [0.5, 0.6) is 0 Å². The molecule has 9 rings (SSSR count). The van der Waals surface area contributed by atoms with Crippen molar-refractivity contribution >= 4 is 33.7 Å². The Morgan fingerprint density at radius 2 is 0.796 bits per heavy atom. The highest BCUT2D eigenvalue weighted by Gasteiger charge is 2.27. The first kappa shape index (κ1) is 29.8. The Morgan fingerprint density at radius 1 is 0.408 bits per heavy atom. The largest absolute Gasteiger partial charge is 0.354 e. The molecule has 0 saturated carbocycles. The number of pyridine rings is 4. The van der Waals surface area contributed by atoms with E-state index < -0.39 is 0 Å². The lowest BCUT2D eigenvalue weighted by molar-refractivity contribution is 1.20. The Hall–Kier alpha value is -6.60. The highest BCUT2D eigenvalue weighted by Crippen LogP contribution is 2.40. The smallest absolute Gasteiger partial charge is 0.0753 e. The quantitative estimate of drug-likeness (QED) is 0.214. The summed E-state index contributed by atoms with van der Waals surface area (Å²) < 4.78 is 0. The number of hydrogen-bond donors (Lipinski definition) is 1. The van der Waals surface area contributed by atoms with Gasteiger partial charge in [-0.05, 0) is 103 Å². The first-order valence-electron chi connectivity index (χ1n) is 15.8. The number of aromatic nitrogens is 5. The maximum Gasteiger partial charge on any atom is 0.0753 e. The lowest BCUT2D eigenvalue weighted by atomic mass is 9.94. The number of aromatic amines is 1. The molecule has 0 amide bonds. The van der Waals surface area contributed by atoms with Gasteiger partial charge < -0.3 is 4.98 Å². The van der Waals surface area contributed by atoms with Crippen molar-refractivity contribution in [2.75, 3.05) is 0 Å². The van der Waals surface area contributed by atoms with Gasteiger partial charge >= 0.3 is 0 Å². The molecule has 8 bridgehead atoms. The minimum atomic E-state index is 0. The fourth-order valence-electron chi connectivity index (χ4n) is 6.61. The molecule has 5 aromatic heterocycles. The molecule has 0 unspecified atom stereocenters. The fourth-order valence-corrected chi connectivity index (χ4v) is 6.61. The lowest BCUT2D eigenvalue weighted by Gasteiger charge is -2.13. The van der Waals surface area contributed by atoms with Gasteiger partial charge in [0, 0.05) is 47.1 Å². The predicted octanol–water partition coefficient (Wildman–Crippen LogP) is 8.65. The van der Waals surface area contributed by atoms with Gasteiger partial charge in [-0.1, -0.05) is 43.8 Å². The molecular weight excluding hydrogens is 603 g/mol. The Labute approximate surface area is 284 Å². The third-order valence-electron chi connectivity index (χ3n) is 8.72. The van der Waals surface area contributed by atoms with Crippen LogP contribution < -0.4 is 0 Å². The van der Waals surface area contributed by atoms with E-state index in [1.54, 1.807) is 0 Å². The normalized spacial score (nSPS) is 16.4. The van der Waals surface area contributed by atoms with Crippen LogP contribution in [0, 0.1) is 0 Å². The maximum absolute atomic E-state index is 5.28. The van der Waals surface area contributed by atoms with Crippen molar-refractivity contribution in [1.82, 2.24) is 24.9 Å². The molecule has 4 aliphatic rings. The SMILES string of the molecule is C.C1=CC2=C(c3ccccn3)c3ccc([nH]3)C(c3ccccn3)=C3C=CC(=N3)C(c3ccccn3)=C3C=CC(=C(c4ccccn4)C1=N2)C3. The first-order chi connectivity index (χ1) is 23.8. The Morgan fingerprint density at radius 3 is 1.16 bits per heavy atom. The molecule has 0 fully saturated rings. The summed E-state index contributed by atoms with van der Waals surface area (Å²) in [4.78, 5) is 33.4. The van der Waals surface area contributed by atoms with E-state index in [-0.39, 0.29) is 7.43 Å². The molecule has 7 nitrogen and oxygen atoms in total. The van der Waals surface area contributed by atoms with Gasteiger partial charge in [-0.2, -0.15) is 0 Å². The Bertz CT molecular complexity index is 2200. The van der Waals surface area contributed by atoms with Crippen molar-refractivity contribution in [2.45, 2.75) is 13.8 Å². The molecule has 49 heavy (non-hydrogen) atoms. The molecule has 3 aliphatic heterocycles. The third kappa shape index (κ3) is 5.37. The molecule has 0 spiro atoms. The Balaban J connectivity index is 0.00000348. The second kappa shape index (κ2) is 12.5. The lowest BCUT2D eigenvalue weighted by Crippen LogP contribution is -2.04. The minimum absolute atomic E-state index is 0. The number of nitrogens with zero attached hydrogens (tertiary/aromatic N) is 6. The molecule has 5 aromatic rings. The highest BCUT2D eigenvalue weighted by molar-refractivity contribution is 6.33. The number of H-pyrrole nitrogens is 1. The van der Waals surface area contributed by atoms with Crippen molar-refractivity contribution in [3.63, 3.8) is 0 Å². The molecule has 0 radical (unpaired) electrons. The number of hydrogen-bond acceptors (Lipinski definition) is 6. The van der Waals surface area contributed by atoms with E-state index in [9.17, 15) is 0 Å². The van der Waals surface area contributed by atoms with Gasteiger partial charge in [-0.15, -0.1) is 0 Å². The molecule has 234 valence electrons. The highest BCUT2D eigenvalue weighted by atomic mass is 14.9. The van der Waals surface area contributed by atoms with E-state index in [0.29, 0.717) is 6.42 Å². The van der Waals surface area contributed by atoms with Crippen LogP contribution in [0.1, 0.15) is 48.0 Å². The second-order valence-corrected chi connectivity index (χ2v) is 11.6. The second-order valence-electron chi connectivity index (χ2n) is 11.6. The van der Waals surface area contributed by atoms with Crippen LogP contribution in [-0.2, 0) is 0 Å². The van der Waals surface area contributed by atoms with Gasteiger partial charge in [0.15, 0.2) is 0 Å².